The third-order valence-electron chi connectivity index (χ3n) is 4.22. The smallest absolute Gasteiger partial charge is 0.133 e. The normalized spacial score (nSPS) is 14.6. The van der Waals surface area contributed by atoms with Crippen LogP contribution in [0, 0.1) is 0 Å². The summed E-state index contributed by atoms with van der Waals surface area (Å²) in [4.78, 5) is 0. The van der Waals surface area contributed by atoms with E-state index >= 15 is 0 Å². The van der Waals surface area contributed by atoms with Crippen LogP contribution in [0.1, 0.15) is 24.6 Å². The molecule has 0 spiro atoms. The Morgan fingerprint density at radius 2 is 1.57 bits per heavy atom. The Morgan fingerprint density at radius 3 is 2.19 bits per heavy atom. The monoisotopic (exact) mass is 426 g/mol. The predicted octanol–water partition coefficient (Wildman–Crippen LogP) is 4.61. The van der Waals surface area contributed by atoms with Gasteiger partial charge in [-0.15, -0.1) is 0 Å². The van der Waals surface area contributed by atoms with Crippen LogP contribution in [0.2, 0.25) is 0 Å². The van der Waals surface area contributed by atoms with Gasteiger partial charge in [0, 0.05) is 18.6 Å². The van der Waals surface area contributed by atoms with Crippen LogP contribution >= 0.6 is 31.9 Å². The number of halogens is 2. The lowest BCUT2D eigenvalue weighted by molar-refractivity contribution is 0.412. The molecule has 0 fully saturated rings. The van der Waals surface area contributed by atoms with Crippen molar-refractivity contribution in [1.82, 2.24) is 0 Å². The average molecular weight is 428 g/mol. The summed E-state index contributed by atoms with van der Waals surface area (Å²) < 4.78 is 13.2. The molecule has 0 bridgehead atoms. The zero-order chi connectivity index (χ0) is 15.4. The molecule has 0 saturated carbocycles. The van der Waals surface area contributed by atoms with E-state index in [1.807, 2.05) is 0 Å². The standard InChI is InChI=1S/C16H16Br2O2Si/c1-16(2)10-7-11(17)12(19-3)5-8(10)9-6-13(20-4)15(18)21-14(9)16/h5-7,21H,1-4H3. The minimum Gasteiger partial charge on any atom is -0.496 e. The highest BCUT2D eigenvalue weighted by atomic mass is 79.9. The summed E-state index contributed by atoms with van der Waals surface area (Å²) in [6.45, 7) is 4.60. The molecular formula is C16H16Br2O2Si. The van der Waals surface area contributed by atoms with Gasteiger partial charge in [0.25, 0.3) is 0 Å². The molecule has 3 rings (SSSR count). The van der Waals surface area contributed by atoms with Crippen molar-refractivity contribution in [3.63, 3.8) is 0 Å². The third-order valence-corrected chi connectivity index (χ3v) is 7.78. The molecule has 0 amide bonds. The molecule has 0 radical (unpaired) electrons. The number of hydrogen-bond acceptors (Lipinski definition) is 2. The first-order chi connectivity index (χ1) is 9.90. The predicted molar refractivity (Wildman–Crippen MR) is 95.3 cm³/mol. The summed E-state index contributed by atoms with van der Waals surface area (Å²) in [7, 11) is 3.46. The zero-order valence-corrected chi connectivity index (χ0v) is 16.7. The molecule has 0 unspecified atom stereocenters. The molecule has 0 atom stereocenters. The van der Waals surface area contributed by atoms with Gasteiger partial charge in [0.1, 0.15) is 11.5 Å². The number of methoxy groups -OCH3 is 2. The number of benzene rings is 1. The van der Waals surface area contributed by atoms with Crippen LogP contribution in [0.3, 0.4) is 0 Å². The zero-order valence-electron chi connectivity index (χ0n) is 12.4. The third kappa shape index (κ3) is 2.21. The largest absolute Gasteiger partial charge is 0.496 e. The van der Waals surface area contributed by atoms with Gasteiger partial charge < -0.3 is 9.47 Å². The van der Waals surface area contributed by atoms with E-state index in [2.05, 4.69) is 63.9 Å². The van der Waals surface area contributed by atoms with Gasteiger partial charge in [-0.2, -0.15) is 0 Å². The Bertz CT molecular complexity index is 680. The van der Waals surface area contributed by atoms with E-state index in [0.29, 0.717) is 0 Å². The molecule has 5 heteroatoms. The lowest BCUT2D eigenvalue weighted by Crippen LogP contribution is -2.17. The Hall–Kier alpha value is -0.653. The van der Waals surface area contributed by atoms with Gasteiger partial charge in [-0.25, -0.2) is 0 Å². The molecule has 21 heavy (non-hydrogen) atoms. The summed E-state index contributed by atoms with van der Waals surface area (Å²) in [6.07, 6.45) is 0. The quantitative estimate of drug-likeness (QED) is 0.651. The average Bonchev–Trinajstić information content (AvgIpc) is 2.65. The van der Waals surface area contributed by atoms with Gasteiger partial charge in [-0.05, 0) is 56.0 Å². The summed E-state index contributed by atoms with van der Waals surface area (Å²) in [6, 6.07) is 6.48. The summed E-state index contributed by atoms with van der Waals surface area (Å²) in [5, 5.41) is 1.50. The fraction of sp³-hybridized carbons (Fsp3) is 0.312. The van der Waals surface area contributed by atoms with E-state index in [1.165, 1.54) is 25.9 Å². The van der Waals surface area contributed by atoms with Crippen molar-refractivity contribution < 1.29 is 9.47 Å². The van der Waals surface area contributed by atoms with Crippen molar-refractivity contribution in [1.29, 1.82) is 0 Å². The van der Waals surface area contributed by atoms with Gasteiger partial charge >= 0.3 is 0 Å². The Labute approximate surface area is 143 Å². The maximum absolute atomic E-state index is 5.50. The molecule has 0 N–H and O–H groups in total. The second-order valence-electron chi connectivity index (χ2n) is 5.69. The summed E-state index contributed by atoms with van der Waals surface area (Å²) >= 11 is 7.29. The van der Waals surface area contributed by atoms with Crippen molar-refractivity contribution in [3.05, 3.63) is 37.5 Å². The first-order valence-electron chi connectivity index (χ1n) is 6.66. The molecule has 0 aliphatic heterocycles. The molecule has 1 heterocycles. The van der Waals surface area contributed by atoms with E-state index in [-0.39, 0.29) is 14.5 Å². The fourth-order valence-corrected chi connectivity index (χ4v) is 6.02. The van der Waals surface area contributed by atoms with Gasteiger partial charge in [-0.1, -0.05) is 29.8 Å². The molecule has 2 aromatic rings. The molecule has 110 valence electrons. The molecule has 1 aromatic heterocycles. The summed E-state index contributed by atoms with van der Waals surface area (Å²) in [5.41, 5.74) is 3.96. The molecule has 1 aromatic carbocycles. The first kappa shape index (κ1) is 15.3. The topological polar surface area (TPSA) is 18.5 Å². The van der Waals surface area contributed by atoms with E-state index in [4.69, 9.17) is 9.47 Å². The summed E-state index contributed by atoms with van der Waals surface area (Å²) in [5.74, 6) is 1.81. The van der Waals surface area contributed by atoms with Gasteiger partial charge in [-0.3, -0.25) is 0 Å². The Morgan fingerprint density at radius 1 is 0.952 bits per heavy atom. The Balaban J connectivity index is 2.34. The maximum Gasteiger partial charge on any atom is 0.133 e. The fourth-order valence-electron chi connectivity index (χ4n) is 3.04. The van der Waals surface area contributed by atoms with Crippen LogP contribution in [0.4, 0.5) is 0 Å². The van der Waals surface area contributed by atoms with Crippen LogP contribution in [0.25, 0.3) is 11.1 Å². The first-order valence-corrected chi connectivity index (χ1v) is 9.40. The van der Waals surface area contributed by atoms with Crippen LogP contribution in [0.5, 0.6) is 11.5 Å². The molecule has 0 saturated heterocycles. The van der Waals surface area contributed by atoms with E-state index in [0.717, 1.165) is 16.0 Å². The number of ether oxygens (including phenoxy) is 2. The van der Waals surface area contributed by atoms with Crippen molar-refractivity contribution in [3.8, 4) is 22.6 Å². The molecule has 2 nitrogen and oxygen atoms in total. The number of rotatable bonds is 2. The second kappa shape index (κ2) is 5.21. The van der Waals surface area contributed by atoms with Gasteiger partial charge in [0.2, 0.25) is 0 Å². The molecule has 1 aliphatic carbocycles. The van der Waals surface area contributed by atoms with E-state index in [9.17, 15) is 0 Å². The van der Waals surface area contributed by atoms with Crippen LogP contribution in [0.15, 0.2) is 26.8 Å². The highest BCUT2D eigenvalue weighted by Crippen LogP contribution is 2.51. The van der Waals surface area contributed by atoms with E-state index in [1.54, 1.807) is 14.2 Å². The van der Waals surface area contributed by atoms with Crippen LogP contribution in [-0.4, -0.2) is 23.3 Å². The number of fused-ring (bicyclic) bond motifs is 3. The van der Waals surface area contributed by atoms with E-state index < -0.39 is 0 Å². The van der Waals surface area contributed by atoms with Crippen LogP contribution < -0.4 is 9.47 Å². The van der Waals surface area contributed by atoms with Crippen molar-refractivity contribution in [2.24, 2.45) is 0 Å². The lowest BCUT2D eigenvalue weighted by atomic mass is 9.87. The lowest BCUT2D eigenvalue weighted by Gasteiger charge is -2.22. The highest BCUT2D eigenvalue weighted by molar-refractivity contribution is 9.11. The number of hydrogen-bond donors (Lipinski definition) is 0. The van der Waals surface area contributed by atoms with Gasteiger partial charge in [0.15, 0.2) is 0 Å². The second-order valence-corrected chi connectivity index (χ2v) is 9.69. The van der Waals surface area contributed by atoms with Crippen LogP contribution in [-0.2, 0) is 5.41 Å². The van der Waals surface area contributed by atoms with Crippen molar-refractivity contribution >= 4 is 41.0 Å². The molecular weight excluding hydrogens is 412 g/mol. The minimum absolute atomic E-state index is 0.0351. The van der Waals surface area contributed by atoms with Crippen molar-refractivity contribution in [2.45, 2.75) is 19.3 Å². The molecule has 1 aliphatic rings. The Kier molecular flexibility index (Phi) is 3.79. The van der Waals surface area contributed by atoms with Gasteiger partial charge in [0.05, 0.1) is 18.7 Å². The SMILES string of the molecule is COc1cc2c(cc1Br)C(C)(C)c1[siH]c(Br)c(OC)cc1-2. The maximum atomic E-state index is 5.50. The minimum atomic E-state index is 0.0351. The van der Waals surface area contributed by atoms with Crippen molar-refractivity contribution in [2.75, 3.05) is 14.2 Å². The highest BCUT2D eigenvalue weighted by Gasteiger charge is 2.37.